The highest BCUT2D eigenvalue weighted by Gasteiger charge is 2.27. The Kier molecular flexibility index (Phi) is 4.29. The first kappa shape index (κ1) is 14.8. The van der Waals surface area contributed by atoms with E-state index in [9.17, 15) is 5.11 Å². The Hall–Kier alpha value is -2.08. The van der Waals surface area contributed by atoms with Gasteiger partial charge >= 0.3 is 0 Å². The molecule has 5 heteroatoms. The first-order chi connectivity index (χ1) is 10.7. The topological polar surface area (TPSA) is 90.7 Å². The van der Waals surface area contributed by atoms with E-state index in [1.54, 1.807) is 0 Å². The number of nitrogens with two attached hydrogens (primary N) is 2. The van der Waals surface area contributed by atoms with E-state index in [-0.39, 0.29) is 0 Å². The van der Waals surface area contributed by atoms with Crippen molar-refractivity contribution in [1.29, 1.82) is 0 Å². The van der Waals surface area contributed by atoms with Crippen molar-refractivity contribution >= 4 is 0 Å². The van der Waals surface area contributed by atoms with Gasteiger partial charge in [-0.25, -0.2) is 0 Å². The predicted molar refractivity (Wildman–Crippen MR) is 85.0 cm³/mol. The zero-order valence-corrected chi connectivity index (χ0v) is 12.3. The zero-order valence-electron chi connectivity index (χ0n) is 12.3. The number of hydrogen-bond acceptors (Lipinski definition) is 5. The van der Waals surface area contributed by atoms with E-state index >= 15 is 0 Å². The van der Waals surface area contributed by atoms with Crippen LogP contribution < -0.4 is 20.9 Å². The Bertz CT molecular complexity index is 615. The number of fused-ring (bicyclic) bond motifs is 3. The van der Waals surface area contributed by atoms with E-state index in [1.165, 1.54) is 0 Å². The van der Waals surface area contributed by atoms with Gasteiger partial charge in [-0.05, 0) is 46.5 Å². The number of hydrogen-bond donors (Lipinski definition) is 3. The molecule has 0 heterocycles. The van der Waals surface area contributed by atoms with Crippen molar-refractivity contribution in [3.05, 3.63) is 47.5 Å². The molecule has 0 aromatic heterocycles. The Morgan fingerprint density at radius 1 is 0.818 bits per heavy atom. The molecule has 2 aromatic carbocycles. The summed E-state index contributed by atoms with van der Waals surface area (Å²) in [5.41, 5.74) is 14.6. The van der Waals surface area contributed by atoms with E-state index in [1.807, 2.05) is 36.4 Å². The van der Waals surface area contributed by atoms with Crippen LogP contribution in [-0.2, 0) is 0 Å². The van der Waals surface area contributed by atoms with Gasteiger partial charge in [0, 0.05) is 13.1 Å². The molecule has 0 fully saturated rings. The lowest BCUT2D eigenvalue weighted by molar-refractivity contribution is 0.225. The molecule has 0 saturated carbocycles. The van der Waals surface area contributed by atoms with Crippen LogP contribution in [0.2, 0.25) is 0 Å². The average Bonchev–Trinajstić information content (AvgIpc) is 2.83. The van der Waals surface area contributed by atoms with Gasteiger partial charge in [0.25, 0.3) is 0 Å². The van der Waals surface area contributed by atoms with Gasteiger partial charge in [-0.1, -0.05) is 12.1 Å². The summed E-state index contributed by atoms with van der Waals surface area (Å²) < 4.78 is 11.1. The molecule has 0 bridgehead atoms. The molecule has 0 aliphatic heterocycles. The molecular weight excluding hydrogens is 280 g/mol. The summed E-state index contributed by atoms with van der Waals surface area (Å²) in [6.45, 7) is 1.86. The van der Waals surface area contributed by atoms with Crippen LogP contribution in [0.3, 0.4) is 0 Å². The highest BCUT2D eigenvalue weighted by atomic mass is 16.5. The Morgan fingerprint density at radius 2 is 1.27 bits per heavy atom. The molecule has 3 rings (SSSR count). The van der Waals surface area contributed by atoms with Crippen molar-refractivity contribution in [2.45, 2.75) is 6.10 Å². The second-order valence-electron chi connectivity index (χ2n) is 5.17. The molecule has 2 aromatic rings. The summed E-state index contributed by atoms with van der Waals surface area (Å²) >= 11 is 0. The maximum Gasteiger partial charge on any atom is 0.120 e. The van der Waals surface area contributed by atoms with Crippen molar-refractivity contribution in [3.8, 4) is 22.6 Å². The van der Waals surface area contributed by atoms with E-state index in [4.69, 9.17) is 20.9 Å². The minimum atomic E-state index is -0.614. The summed E-state index contributed by atoms with van der Waals surface area (Å²) in [4.78, 5) is 0. The van der Waals surface area contributed by atoms with E-state index in [0.29, 0.717) is 26.3 Å². The molecule has 0 amide bonds. The van der Waals surface area contributed by atoms with Gasteiger partial charge in [0.2, 0.25) is 0 Å². The number of aliphatic hydroxyl groups is 1. The third-order valence-electron chi connectivity index (χ3n) is 3.70. The first-order valence-electron chi connectivity index (χ1n) is 7.36. The van der Waals surface area contributed by atoms with Crippen LogP contribution in [0.5, 0.6) is 11.5 Å². The molecule has 22 heavy (non-hydrogen) atoms. The largest absolute Gasteiger partial charge is 0.492 e. The van der Waals surface area contributed by atoms with Crippen LogP contribution in [0.25, 0.3) is 11.1 Å². The SMILES string of the molecule is NCCOc1ccc2c(c1)-c1cc(OCCN)ccc1C2O. The van der Waals surface area contributed by atoms with E-state index < -0.39 is 6.10 Å². The molecule has 0 saturated heterocycles. The van der Waals surface area contributed by atoms with Crippen LogP contribution in [0.15, 0.2) is 36.4 Å². The lowest BCUT2D eigenvalue weighted by atomic mass is 10.1. The Morgan fingerprint density at radius 3 is 1.68 bits per heavy atom. The summed E-state index contributed by atoms with van der Waals surface area (Å²) in [6.07, 6.45) is -0.614. The lowest BCUT2D eigenvalue weighted by Crippen LogP contribution is -2.10. The predicted octanol–water partition coefficient (Wildman–Crippen LogP) is 1.42. The summed E-state index contributed by atoms with van der Waals surface area (Å²) in [5.74, 6) is 1.50. The van der Waals surface area contributed by atoms with Crippen molar-refractivity contribution < 1.29 is 14.6 Å². The molecule has 1 aliphatic carbocycles. The highest BCUT2D eigenvalue weighted by molar-refractivity contribution is 5.80. The Balaban J connectivity index is 1.97. The molecule has 0 radical (unpaired) electrons. The van der Waals surface area contributed by atoms with Gasteiger partial charge in [0.15, 0.2) is 0 Å². The second kappa shape index (κ2) is 6.36. The standard InChI is InChI=1S/C17H20N2O3/c18-5-7-21-11-1-3-13-15(9-11)16-10-12(22-8-6-19)2-4-14(16)17(13)20/h1-4,9-10,17,20H,5-8,18-19H2. The average molecular weight is 300 g/mol. The van der Waals surface area contributed by atoms with Crippen LogP contribution in [-0.4, -0.2) is 31.4 Å². The van der Waals surface area contributed by atoms with Crippen LogP contribution in [0, 0.1) is 0 Å². The zero-order chi connectivity index (χ0) is 15.5. The summed E-state index contributed by atoms with van der Waals surface area (Å²) in [7, 11) is 0. The smallest absolute Gasteiger partial charge is 0.120 e. The summed E-state index contributed by atoms with van der Waals surface area (Å²) in [6, 6.07) is 11.4. The summed E-state index contributed by atoms with van der Waals surface area (Å²) in [5, 5.41) is 10.4. The quantitative estimate of drug-likeness (QED) is 0.750. The van der Waals surface area contributed by atoms with Crippen molar-refractivity contribution in [3.63, 3.8) is 0 Å². The molecule has 5 nitrogen and oxygen atoms in total. The minimum Gasteiger partial charge on any atom is -0.492 e. The Labute approximate surface area is 129 Å². The highest BCUT2D eigenvalue weighted by Crippen LogP contribution is 2.45. The van der Waals surface area contributed by atoms with Gasteiger partial charge in [-0.2, -0.15) is 0 Å². The third kappa shape index (κ3) is 2.66. The maximum atomic E-state index is 10.4. The number of ether oxygens (including phenoxy) is 2. The molecule has 0 atom stereocenters. The fourth-order valence-corrected chi connectivity index (χ4v) is 2.71. The lowest BCUT2D eigenvalue weighted by Gasteiger charge is -2.09. The van der Waals surface area contributed by atoms with E-state index in [0.717, 1.165) is 33.8 Å². The van der Waals surface area contributed by atoms with Crippen molar-refractivity contribution in [2.24, 2.45) is 11.5 Å². The van der Waals surface area contributed by atoms with Gasteiger partial charge in [0.05, 0.1) is 0 Å². The number of benzene rings is 2. The second-order valence-corrected chi connectivity index (χ2v) is 5.17. The fraction of sp³-hybridized carbons (Fsp3) is 0.294. The third-order valence-corrected chi connectivity index (χ3v) is 3.70. The van der Waals surface area contributed by atoms with Crippen LogP contribution in [0.4, 0.5) is 0 Å². The van der Waals surface area contributed by atoms with Gasteiger partial charge in [-0.15, -0.1) is 0 Å². The normalized spacial score (nSPS) is 12.9. The first-order valence-corrected chi connectivity index (χ1v) is 7.36. The van der Waals surface area contributed by atoms with E-state index in [2.05, 4.69) is 0 Å². The number of rotatable bonds is 6. The molecular formula is C17H20N2O3. The van der Waals surface area contributed by atoms with Gasteiger partial charge < -0.3 is 26.0 Å². The van der Waals surface area contributed by atoms with Crippen LogP contribution >= 0.6 is 0 Å². The number of aliphatic hydroxyl groups excluding tert-OH is 1. The molecule has 1 aliphatic rings. The molecule has 116 valence electrons. The molecule has 0 unspecified atom stereocenters. The van der Waals surface area contributed by atoms with Gasteiger partial charge in [-0.3, -0.25) is 0 Å². The fourth-order valence-electron chi connectivity index (χ4n) is 2.71. The molecule has 0 spiro atoms. The minimum absolute atomic E-state index is 0.466. The molecule has 5 N–H and O–H groups in total. The van der Waals surface area contributed by atoms with Gasteiger partial charge in [0.1, 0.15) is 30.8 Å². The van der Waals surface area contributed by atoms with Crippen molar-refractivity contribution in [1.82, 2.24) is 0 Å². The van der Waals surface area contributed by atoms with Crippen LogP contribution in [0.1, 0.15) is 17.2 Å². The van der Waals surface area contributed by atoms with Crippen molar-refractivity contribution in [2.75, 3.05) is 26.3 Å². The maximum absolute atomic E-state index is 10.4. The monoisotopic (exact) mass is 300 g/mol.